The molecule has 0 radical (unpaired) electrons. The lowest BCUT2D eigenvalue weighted by Crippen LogP contribution is -2.25. The van der Waals surface area contributed by atoms with Gasteiger partial charge in [0.2, 0.25) is 0 Å². The molecule has 1 aliphatic heterocycles. The second kappa shape index (κ2) is 6.68. The minimum Gasteiger partial charge on any atom is -0.396 e. The molecule has 0 saturated heterocycles. The molecule has 2 N–H and O–H groups in total. The van der Waals surface area contributed by atoms with Gasteiger partial charge in [-0.05, 0) is 42.0 Å². The highest BCUT2D eigenvalue weighted by atomic mass is 16.5. The summed E-state index contributed by atoms with van der Waals surface area (Å²) in [6.07, 6.45) is 1.82. The Kier molecular flexibility index (Phi) is 4.93. The largest absolute Gasteiger partial charge is 0.396 e. The molecule has 0 bridgehead atoms. The summed E-state index contributed by atoms with van der Waals surface area (Å²) in [5.74, 6) is 0.264. The molecule has 0 aromatic heterocycles. The van der Waals surface area contributed by atoms with Gasteiger partial charge in [-0.25, -0.2) is 0 Å². The van der Waals surface area contributed by atoms with E-state index in [9.17, 15) is 4.79 Å². The summed E-state index contributed by atoms with van der Waals surface area (Å²) < 4.78 is 5.33. The number of hydrogen-bond donors (Lipinski definition) is 2. The van der Waals surface area contributed by atoms with Gasteiger partial charge in [0.1, 0.15) is 0 Å². The molecule has 1 atom stereocenters. The van der Waals surface area contributed by atoms with Crippen molar-refractivity contribution in [2.75, 3.05) is 13.2 Å². The number of fused-ring (bicyclic) bond motifs is 1. The molecule has 2 rings (SSSR count). The molecule has 4 heteroatoms. The first-order valence-electron chi connectivity index (χ1n) is 6.79. The van der Waals surface area contributed by atoms with E-state index in [2.05, 4.69) is 5.32 Å². The molecule has 0 spiro atoms. The number of hydrogen-bond acceptors (Lipinski definition) is 3. The Bertz CT molecular complexity index is 445. The molecule has 1 unspecified atom stereocenters. The molecule has 1 amide bonds. The van der Waals surface area contributed by atoms with Gasteiger partial charge in [-0.2, -0.15) is 0 Å². The standard InChI is InChI=1S/C15H21NO3/c1-11(8-17)3-2-6-16-15(18)12-4-5-13-9-19-10-14(13)7-12/h4-5,7,11,17H,2-3,6,8-10H2,1H3,(H,16,18). The number of aliphatic hydroxyl groups is 1. The second-order valence-electron chi connectivity index (χ2n) is 5.16. The summed E-state index contributed by atoms with van der Waals surface area (Å²) in [6, 6.07) is 5.72. The lowest BCUT2D eigenvalue weighted by Gasteiger charge is -2.09. The lowest BCUT2D eigenvalue weighted by atomic mass is 10.1. The summed E-state index contributed by atoms with van der Waals surface area (Å²) >= 11 is 0. The quantitative estimate of drug-likeness (QED) is 0.770. The average molecular weight is 263 g/mol. The van der Waals surface area contributed by atoms with Crippen molar-refractivity contribution in [1.29, 1.82) is 0 Å². The number of amides is 1. The van der Waals surface area contributed by atoms with Gasteiger partial charge in [0.05, 0.1) is 13.2 Å². The van der Waals surface area contributed by atoms with Crippen LogP contribution in [0.4, 0.5) is 0 Å². The maximum Gasteiger partial charge on any atom is 0.251 e. The van der Waals surface area contributed by atoms with Crippen LogP contribution in [-0.2, 0) is 18.0 Å². The summed E-state index contributed by atoms with van der Waals surface area (Å²) in [5, 5.41) is 11.8. The van der Waals surface area contributed by atoms with Crippen molar-refractivity contribution >= 4 is 5.91 Å². The summed E-state index contributed by atoms with van der Waals surface area (Å²) in [4.78, 5) is 12.0. The van der Waals surface area contributed by atoms with Gasteiger partial charge in [0.15, 0.2) is 0 Å². The number of rotatable bonds is 6. The fraction of sp³-hybridized carbons (Fsp3) is 0.533. The fourth-order valence-electron chi connectivity index (χ4n) is 2.16. The van der Waals surface area contributed by atoms with Crippen LogP contribution in [0.25, 0.3) is 0 Å². The SMILES string of the molecule is CC(CO)CCCNC(=O)c1ccc2c(c1)COC2. The predicted molar refractivity (Wildman–Crippen MR) is 72.8 cm³/mol. The van der Waals surface area contributed by atoms with Crippen LogP contribution >= 0.6 is 0 Å². The summed E-state index contributed by atoms with van der Waals surface area (Å²) in [5.41, 5.74) is 2.98. The number of carbonyl (C=O) groups is 1. The topological polar surface area (TPSA) is 58.6 Å². The van der Waals surface area contributed by atoms with Crippen LogP contribution in [0.3, 0.4) is 0 Å². The van der Waals surface area contributed by atoms with E-state index >= 15 is 0 Å². The smallest absolute Gasteiger partial charge is 0.251 e. The van der Waals surface area contributed by atoms with E-state index in [4.69, 9.17) is 9.84 Å². The van der Waals surface area contributed by atoms with E-state index in [0.717, 1.165) is 18.4 Å². The third-order valence-electron chi connectivity index (χ3n) is 3.45. The molecule has 0 fully saturated rings. The highest BCUT2D eigenvalue weighted by molar-refractivity contribution is 5.94. The maximum absolute atomic E-state index is 12.0. The number of aliphatic hydroxyl groups excluding tert-OH is 1. The third kappa shape index (κ3) is 3.78. The number of benzene rings is 1. The number of nitrogens with one attached hydrogen (secondary N) is 1. The molecular weight excluding hydrogens is 242 g/mol. The van der Waals surface area contributed by atoms with Gasteiger partial charge in [0, 0.05) is 18.7 Å². The van der Waals surface area contributed by atoms with Crippen LogP contribution in [0.5, 0.6) is 0 Å². The van der Waals surface area contributed by atoms with Gasteiger partial charge in [-0.3, -0.25) is 4.79 Å². The van der Waals surface area contributed by atoms with Crippen molar-refractivity contribution in [3.05, 3.63) is 34.9 Å². The Morgan fingerprint density at radius 2 is 2.21 bits per heavy atom. The van der Waals surface area contributed by atoms with E-state index in [1.165, 1.54) is 5.56 Å². The number of ether oxygens (including phenoxy) is 1. The van der Waals surface area contributed by atoms with E-state index < -0.39 is 0 Å². The minimum absolute atomic E-state index is 0.0358. The molecule has 104 valence electrons. The molecule has 0 saturated carbocycles. The lowest BCUT2D eigenvalue weighted by molar-refractivity contribution is 0.0952. The van der Waals surface area contributed by atoms with Crippen LogP contribution in [0.2, 0.25) is 0 Å². The Morgan fingerprint density at radius 1 is 1.42 bits per heavy atom. The zero-order chi connectivity index (χ0) is 13.7. The van der Waals surface area contributed by atoms with Crippen LogP contribution in [0.15, 0.2) is 18.2 Å². The van der Waals surface area contributed by atoms with E-state index in [1.54, 1.807) is 0 Å². The van der Waals surface area contributed by atoms with E-state index in [-0.39, 0.29) is 12.5 Å². The Hall–Kier alpha value is -1.39. The van der Waals surface area contributed by atoms with Crippen molar-refractivity contribution in [2.24, 2.45) is 5.92 Å². The zero-order valence-corrected chi connectivity index (χ0v) is 11.3. The normalized spacial score (nSPS) is 15.1. The molecule has 1 aromatic rings. The molecule has 1 aromatic carbocycles. The van der Waals surface area contributed by atoms with Gasteiger partial charge >= 0.3 is 0 Å². The molecule has 0 aliphatic carbocycles. The van der Waals surface area contributed by atoms with Gasteiger partial charge in [0.25, 0.3) is 5.91 Å². The average Bonchev–Trinajstić information content (AvgIpc) is 2.90. The third-order valence-corrected chi connectivity index (χ3v) is 3.45. The second-order valence-corrected chi connectivity index (χ2v) is 5.16. The molecule has 19 heavy (non-hydrogen) atoms. The molecule has 1 heterocycles. The first-order chi connectivity index (χ1) is 9.20. The van der Waals surface area contributed by atoms with Crippen LogP contribution < -0.4 is 5.32 Å². The minimum atomic E-state index is -0.0358. The van der Waals surface area contributed by atoms with Crippen molar-refractivity contribution < 1.29 is 14.6 Å². The highest BCUT2D eigenvalue weighted by Gasteiger charge is 2.14. The first-order valence-corrected chi connectivity index (χ1v) is 6.79. The Morgan fingerprint density at radius 3 is 3.00 bits per heavy atom. The van der Waals surface area contributed by atoms with Gasteiger partial charge in [-0.1, -0.05) is 13.0 Å². The Labute approximate surface area is 113 Å². The maximum atomic E-state index is 12.0. The fourth-order valence-corrected chi connectivity index (χ4v) is 2.16. The van der Waals surface area contributed by atoms with Crippen LogP contribution in [0, 0.1) is 5.92 Å². The molecular formula is C15H21NO3. The van der Waals surface area contributed by atoms with Crippen molar-refractivity contribution in [2.45, 2.75) is 33.0 Å². The zero-order valence-electron chi connectivity index (χ0n) is 11.3. The van der Waals surface area contributed by atoms with Crippen molar-refractivity contribution in [3.63, 3.8) is 0 Å². The van der Waals surface area contributed by atoms with Crippen LogP contribution in [0.1, 0.15) is 41.3 Å². The van der Waals surface area contributed by atoms with Gasteiger partial charge < -0.3 is 15.2 Å². The van der Waals surface area contributed by atoms with Crippen LogP contribution in [-0.4, -0.2) is 24.2 Å². The van der Waals surface area contributed by atoms with E-state index in [1.807, 2.05) is 25.1 Å². The molecule has 1 aliphatic rings. The number of carbonyl (C=O) groups excluding carboxylic acids is 1. The highest BCUT2D eigenvalue weighted by Crippen LogP contribution is 2.20. The van der Waals surface area contributed by atoms with E-state index in [0.29, 0.717) is 31.2 Å². The summed E-state index contributed by atoms with van der Waals surface area (Å²) in [6.45, 7) is 4.11. The van der Waals surface area contributed by atoms with Crippen molar-refractivity contribution in [1.82, 2.24) is 5.32 Å². The van der Waals surface area contributed by atoms with Crippen molar-refractivity contribution in [3.8, 4) is 0 Å². The Balaban J connectivity index is 1.80. The first kappa shape index (κ1) is 14.0. The summed E-state index contributed by atoms with van der Waals surface area (Å²) in [7, 11) is 0. The van der Waals surface area contributed by atoms with Gasteiger partial charge in [-0.15, -0.1) is 0 Å². The molecule has 4 nitrogen and oxygen atoms in total. The predicted octanol–water partition coefficient (Wildman–Crippen LogP) is 1.86. The monoisotopic (exact) mass is 263 g/mol.